The van der Waals surface area contributed by atoms with E-state index < -0.39 is 17.7 Å². The molecule has 2 aromatic carbocycles. The average Bonchev–Trinajstić information content (AvgIpc) is 3.01. The molecule has 156 valence electrons. The highest BCUT2D eigenvalue weighted by molar-refractivity contribution is 6.46. The molecule has 1 unspecified atom stereocenters. The molecule has 0 aliphatic carbocycles. The fraction of sp³-hybridized carbons (Fsp3) is 0.217. The number of likely N-dealkylation sites (tertiary alicyclic amines) is 1. The van der Waals surface area contributed by atoms with Gasteiger partial charge < -0.3 is 24.6 Å². The van der Waals surface area contributed by atoms with Gasteiger partial charge in [-0.1, -0.05) is 24.8 Å². The molecule has 1 aliphatic heterocycles. The highest BCUT2D eigenvalue weighted by atomic mass is 16.5. The van der Waals surface area contributed by atoms with Crippen LogP contribution in [-0.2, 0) is 14.3 Å². The predicted octanol–water partition coefficient (Wildman–Crippen LogP) is 3.03. The maximum Gasteiger partial charge on any atom is 0.295 e. The first-order valence-corrected chi connectivity index (χ1v) is 9.38. The monoisotopic (exact) mass is 409 g/mol. The minimum atomic E-state index is -0.794. The van der Waals surface area contributed by atoms with E-state index in [9.17, 15) is 19.8 Å². The number of phenolic OH excluding ortho intramolecular Hbond substituents is 1. The van der Waals surface area contributed by atoms with E-state index in [1.54, 1.807) is 42.5 Å². The number of ether oxygens (including phenoxy) is 2. The first kappa shape index (κ1) is 21.1. The van der Waals surface area contributed by atoms with E-state index in [-0.39, 0.29) is 30.2 Å². The van der Waals surface area contributed by atoms with E-state index >= 15 is 0 Å². The SMILES string of the molecule is C=CCOc1ccc(/C(O)=C2\C(=O)C(=O)N(CCOC)C2c2ccc(O)cc2)cc1. The number of hydrogen-bond donors (Lipinski definition) is 2. The van der Waals surface area contributed by atoms with Gasteiger partial charge in [0.2, 0.25) is 0 Å². The Balaban J connectivity index is 2.05. The van der Waals surface area contributed by atoms with E-state index in [0.29, 0.717) is 23.5 Å². The molecule has 0 saturated carbocycles. The molecule has 2 aromatic rings. The van der Waals surface area contributed by atoms with Crippen LogP contribution in [0.5, 0.6) is 11.5 Å². The largest absolute Gasteiger partial charge is 0.508 e. The Morgan fingerprint density at radius 1 is 1.13 bits per heavy atom. The average molecular weight is 409 g/mol. The highest BCUT2D eigenvalue weighted by Gasteiger charge is 2.45. The molecule has 3 rings (SSSR count). The van der Waals surface area contributed by atoms with Crippen LogP contribution in [0.3, 0.4) is 0 Å². The molecule has 0 aromatic heterocycles. The van der Waals surface area contributed by atoms with Crippen molar-refractivity contribution in [3.63, 3.8) is 0 Å². The van der Waals surface area contributed by atoms with Crippen molar-refractivity contribution in [3.8, 4) is 11.5 Å². The minimum Gasteiger partial charge on any atom is -0.508 e. The molecule has 30 heavy (non-hydrogen) atoms. The zero-order valence-corrected chi connectivity index (χ0v) is 16.6. The van der Waals surface area contributed by atoms with Crippen molar-refractivity contribution in [3.05, 3.63) is 77.9 Å². The van der Waals surface area contributed by atoms with Crippen LogP contribution in [0.15, 0.2) is 66.8 Å². The molecule has 2 N–H and O–H groups in total. The summed E-state index contributed by atoms with van der Waals surface area (Å²) in [6, 6.07) is 11.9. The number of aliphatic hydroxyl groups is 1. The third-order valence-electron chi connectivity index (χ3n) is 4.78. The van der Waals surface area contributed by atoms with Crippen LogP contribution in [0, 0.1) is 0 Å². The van der Waals surface area contributed by atoms with E-state index in [0.717, 1.165) is 0 Å². The molecule has 0 bridgehead atoms. The van der Waals surface area contributed by atoms with Crippen molar-refractivity contribution < 1.29 is 29.3 Å². The van der Waals surface area contributed by atoms with Crippen molar-refractivity contribution >= 4 is 17.4 Å². The molecule has 0 radical (unpaired) electrons. The molecule has 1 fully saturated rings. The Bertz CT molecular complexity index is 962. The summed E-state index contributed by atoms with van der Waals surface area (Å²) in [4.78, 5) is 26.9. The summed E-state index contributed by atoms with van der Waals surface area (Å²) in [6.45, 7) is 4.34. The van der Waals surface area contributed by atoms with Gasteiger partial charge in [-0.2, -0.15) is 0 Å². The lowest BCUT2D eigenvalue weighted by molar-refractivity contribution is -0.140. The molecule has 1 amide bonds. The number of carbonyl (C=O) groups is 2. The van der Waals surface area contributed by atoms with Gasteiger partial charge in [0.15, 0.2) is 0 Å². The predicted molar refractivity (Wildman–Crippen MR) is 111 cm³/mol. The van der Waals surface area contributed by atoms with Crippen molar-refractivity contribution in [2.24, 2.45) is 0 Å². The third-order valence-corrected chi connectivity index (χ3v) is 4.78. The Hall–Kier alpha value is -3.58. The summed E-state index contributed by atoms with van der Waals surface area (Å²) < 4.78 is 10.5. The number of aromatic hydroxyl groups is 1. The van der Waals surface area contributed by atoms with E-state index in [1.165, 1.54) is 24.1 Å². The number of ketones is 1. The fourth-order valence-electron chi connectivity index (χ4n) is 3.32. The van der Waals surface area contributed by atoms with Gasteiger partial charge in [0, 0.05) is 19.2 Å². The second kappa shape index (κ2) is 9.28. The highest BCUT2D eigenvalue weighted by Crippen LogP contribution is 2.39. The van der Waals surface area contributed by atoms with Gasteiger partial charge >= 0.3 is 0 Å². The second-order valence-electron chi connectivity index (χ2n) is 6.70. The first-order chi connectivity index (χ1) is 14.5. The minimum absolute atomic E-state index is 0.0125. The van der Waals surface area contributed by atoms with Crippen LogP contribution < -0.4 is 4.74 Å². The fourth-order valence-corrected chi connectivity index (χ4v) is 3.32. The van der Waals surface area contributed by atoms with E-state index in [2.05, 4.69) is 6.58 Å². The number of aliphatic hydroxyl groups excluding tert-OH is 1. The van der Waals surface area contributed by atoms with Crippen molar-refractivity contribution in [1.82, 2.24) is 4.90 Å². The number of Topliss-reactive ketones (excluding diaryl/α,β-unsaturated/α-hetero) is 1. The molecular formula is C23H23NO6. The summed E-state index contributed by atoms with van der Waals surface area (Å²) in [6.07, 6.45) is 1.62. The Morgan fingerprint density at radius 2 is 1.80 bits per heavy atom. The summed E-state index contributed by atoms with van der Waals surface area (Å²) in [5, 5.41) is 20.6. The quantitative estimate of drug-likeness (QED) is 0.301. The van der Waals surface area contributed by atoms with E-state index in [1.807, 2.05) is 0 Å². The number of nitrogens with zero attached hydrogens (tertiary/aromatic N) is 1. The summed E-state index contributed by atoms with van der Waals surface area (Å²) in [5.74, 6) is -1.11. The van der Waals surface area contributed by atoms with Gasteiger partial charge in [-0.15, -0.1) is 0 Å². The standard InChI is InChI=1S/C23H23NO6/c1-3-13-30-18-10-6-16(7-11-18)21(26)19-20(15-4-8-17(25)9-5-15)24(12-14-29-2)23(28)22(19)27/h3-11,20,25-26H,1,12-14H2,2H3/b21-19+. The van der Waals surface area contributed by atoms with Gasteiger partial charge in [0.25, 0.3) is 11.7 Å². The van der Waals surface area contributed by atoms with Crippen LogP contribution in [0.25, 0.3) is 5.76 Å². The number of rotatable bonds is 8. The van der Waals surface area contributed by atoms with Crippen molar-refractivity contribution in [1.29, 1.82) is 0 Å². The third kappa shape index (κ3) is 4.21. The lowest BCUT2D eigenvalue weighted by Gasteiger charge is -2.25. The van der Waals surface area contributed by atoms with E-state index in [4.69, 9.17) is 9.47 Å². The van der Waals surface area contributed by atoms with Crippen LogP contribution in [0.4, 0.5) is 0 Å². The molecule has 1 saturated heterocycles. The van der Waals surface area contributed by atoms with Gasteiger partial charge in [0.05, 0.1) is 18.2 Å². The lowest BCUT2D eigenvalue weighted by Crippen LogP contribution is -2.32. The smallest absolute Gasteiger partial charge is 0.295 e. The Kier molecular flexibility index (Phi) is 6.54. The maximum absolute atomic E-state index is 12.8. The number of hydrogen-bond acceptors (Lipinski definition) is 6. The number of benzene rings is 2. The molecule has 0 spiro atoms. The molecule has 7 heteroatoms. The zero-order valence-electron chi connectivity index (χ0n) is 16.6. The topological polar surface area (TPSA) is 96.3 Å². The number of phenols is 1. The molecule has 1 heterocycles. The summed E-state index contributed by atoms with van der Waals surface area (Å²) >= 11 is 0. The zero-order chi connectivity index (χ0) is 21.7. The molecule has 1 atom stereocenters. The van der Waals surface area contributed by atoms with Crippen LogP contribution in [-0.4, -0.2) is 53.7 Å². The van der Waals surface area contributed by atoms with Gasteiger partial charge in [0.1, 0.15) is 23.9 Å². The summed E-state index contributed by atoms with van der Waals surface area (Å²) in [7, 11) is 1.50. The van der Waals surface area contributed by atoms with Gasteiger partial charge in [-0.25, -0.2) is 0 Å². The number of carbonyl (C=O) groups excluding carboxylic acids is 2. The van der Waals surface area contributed by atoms with Gasteiger partial charge in [-0.3, -0.25) is 9.59 Å². The number of amides is 1. The van der Waals surface area contributed by atoms with Gasteiger partial charge in [-0.05, 0) is 42.0 Å². The van der Waals surface area contributed by atoms with Crippen LogP contribution in [0.2, 0.25) is 0 Å². The normalized spacial score (nSPS) is 17.9. The first-order valence-electron chi connectivity index (χ1n) is 9.38. The molecule has 7 nitrogen and oxygen atoms in total. The lowest BCUT2D eigenvalue weighted by atomic mass is 9.95. The number of methoxy groups -OCH3 is 1. The van der Waals surface area contributed by atoms with Crippen LogP contribution in [0.1, 0.15) is 17.2 Å². The Labute approximate surface area is 174 Å². The second-order valence-corrected chi connectivity index (χ2v) is 6.70. The maximum atomic E-state index is 12.8. The van der Waals surface area contributed by atoms with Crippen LogP contribution >= 0.6 is 0 Å². The molecule has 1 aliphatic rings. The van der Waals surface area contributed by atoms with Crippen molar-refractivity contribution in [2.45, 2.75) is 6.04 Å². The summed E-state index contributed by atoms with van der Waals surface area (Å²) in [5.41, 5.74) is 0.964. The Morgan fingerprint density at radius 3 is 2.40 bits per heavy atom. The molecular weight excluding hydrogens is 386 g/mol. The van der Waals surface area contributed by atoms with Crippen molar-refractivity contribution in [2.75, 3.05) is 26.9 Å².